The van der Waals surface area contributed by atoms with Crippen LogP contribution in [0.5, 0.6) is 11.5 Å². The van der Waals surface area contributed by atoms with E-state index in [0.29, 0.717) is 12.0 Å². The van der Waals surface area contributed by atoms with E-state index in [-0.39, 0.29) is 37.3 Å². The van der Waals surface area contributed by atoms with Crippen LogP contribution >= 0.6 is 0 Å². The lowest BCUT2D eigenvalue weighted by Gasteiger charge is -2.22. The molecule has 2 atom stereocenters. The highest BCUT2D eigenvalue weighted by Gasteiger charge is 2.59. The van der Waals surface area contributed by atoms with Crippen LogP contribution in [0.4, 0.5) is 4.39 Å². The Labute approximate surface area is 191 Å². The Bertz CT molecular complexity index is 979. The molecule has 0 radical (unpaired) electrons. The summed E-state index contributed by atoms with van der Waals surface area (Å²) in [4.78, 5) is 24.9. The number of halogens is 1. The van der Waals surface area contributed by atoms with Gasteiger partial charge in [-0.1, -0.05) is 18.2 Å². The van der Waals surface area contributed by atoms with Crippen molar-refractivity contribution >= 4 is 11.9 Å². The van der Waals surface area contributed by atoms with E-state index >= 15 is 0 Å². The minimum atomic E-state index is -2.33. The van der Waals surface area contributed by atoms with Crippen molar-refractivity contribution in [2.75, 3.05) is 19.8 Å². The second-order valence-corrected chi connectivity index (χ2v) is 7.63. The van der Waals surface area contributed by atoms with Gasteiger partial charge in [0.1, 0.15) is 5.82 Å². The van der Waals surface area contributed by atoms with Crippen molar-refractivity contribution < 1.29 is 38.0 Å². The molecule has 0 saturated carbocycles. The van der Waals surface area contributed by atoms with Gasteiger partial charge in [0, 0.05) is 12.6 Å². The number of esters is 2. The number of benzene rings is 2. The summed E-state index contributed by atoms with van der Waals surface area (Å²) in [5.41, 5.74) is 1.34. The van der Waals surface area contributed by atoms with Crippen LogP contribution in [-0.4, -0.2) is 48.6 Å². The minimum absolute atomic E-state index is 0.0406. The van der Waals surface area contributed by atoms with E-state index in [1.165, 1.54) is 12.1 Å². The monoisotopic (exact) mass is 461 g/mol. The number of aliphatic hydroxyl groups excluding tert-OH is 1. The largest absolute Gasteiger partial charge is 0.460 e. The zero-order valence-electron chi connectivity index (χ0n) is 18.8. The molecule has 2 aromatic carbocycles. The summed E-state index contributed by atoms with van der Waals surface area (Å²) in [5, 5.41) is 13.5. The molecule has 2 unspecified atom stereocenters. The molecule has 0 saturated heterocycles. The van der Waals surface area contributed by atoms with Crippen molar-refractivity contribution in [1.29, 1.82) is 0 Å². The quantitative estimate of drug-likeness (QED) is 0.411. The molecule has 0 amide bonds. The highest BCUT2D eigenvalue weighted by molar-refractivity contribution is 6.03. The lowest BCUT2D eigenvalue weighted by molar-refractivity contribution is -0.202. The predicted octanol–water partition coefficient (Wildman–Crippen LogP) is 2.67. The summed E-state index contributed by atoms with van der Waals surface area (Å²) in [6.07, 6.45) is -0.298. The van der Waals surface area contributed by atoms with E-state index in [1.807, 2.05) is 6.92 Å². The van der Waals surface area contributed by atoms with Crippen LogP contribution in [0.1, 0.15) is 38.0 Å². The number of fused-ring (bicyclic) bond motifs is 1. The van der Waals surface area contributed by atoms with Crippen LogP contribution in [-0.2, 0) is 25.5 Å². The van der Waals surface area contributed by atoms with Gasteiger partial charge in [0.2, 0.25) is 0 Å². The fraction of sp³-hybridized carbons (Fsp3) is 0.417. The highest BCUT2D eigenvalue weighted by atomic mass is 19.1. The number of rotatable bonds is 10. The van der Waals surface area contributed by atoms with Gasteiger partial charge in [0.25, 0.3) is 0 Å². The molecule has 0 spiro atoms. The first-order valence-electron chi connectivity index (χ1n) is 10.8. The topological polar surface area (TPSA) is 103 Å². The third-order valence-electron chi connectivity index (χ3n) is 5.04. The Morgan fingerprint density at radius 3 is 2.36 bits per heavy atom. The first kappa shape index (κ1) is 24.5. The Balaban J connectivity index is 1.65. The number of carbonyl (C=O) groups is 2. The standard InChI is InChI=1S/C24H28FNO7/c1-4-30-22(28)24(23(29)31-5-2)32-20-10-9-16(12-21(20)33-24)11-15(3)26-14-19(27)17-7-6-8-18(25)13-17/h6-10,12-13,15,19,26-27H,4-5,11,14H2,1-3H3. The average Bonchev–Trinajstić information content (AvgIpc) is 3.18. The van der Waals surface area contributed by atoms with Crippen molar-refractivity contribution in [3.63, 3.8) is 0 Å². The Morgan fingerprint density at radius 1 is 1.06 bits per heavy atom. The van der Waals surface area contributed by atoms with Gasteiger partial charge in [-0.3, -0.25) is 0 Å². The molecule has 1 heterocycles. The van der Waals surface area contributed by atoms with Gasteiger partial charge in [-0.05, 0) is 62.6 Å². The van der Waals surface area contributed by atoms with E-state index < -0.39 is 29.6 Å². The van der Waals surface area contributed by atoms with Gasteiger partial charge in [-0.25, -0.2) is 14.0 Å². The van der Waals surface area contributed by atoms with Crippen LogP contribution in [0.2, 0.25) is 0 Å². The summed E-state index contributed by atoms with van der Waals surface area (Å²) in [7, 11) is 0. The summed E-state index contributed by atoms with van der Waals surface area (Å²) in [5.74, 6) is -4.25. The van der Waals surface area contributed by atoms with Gasteiger partial charge in [-0.2, -0.15) is 0 Å². The molecule has 1 aliphatic heterocycles. The number of ether oxygens (including phenoxy) is 4. The Hall–Kier alpha value is -3.17. The van der Waals surface area contributed by atoms with Gasteiger partial charge in [-0.15, -0.1) is 0 Å². The van der Waals surface area contributed by atoms with Crippen LogP contribution in [0.3, 0.4) is 0 Å². The Kier molecular flexibility index (Phi) is 7.88. The lowest BCUT2D eigenvalue weighted by atomic mass is 10.1. The van der Waals surface area contributed by atoms with Crippen molar-refractivity contribution in [2.24, 2.45) is 0 Å². The second-order valence-electron chi connectivity index (χ2n) is 7.63. The smallest absolute Gasteiger partial charge is 0.453 e. The minimum Gasteiger partial charge on any atom is -0.460 e. The fourth-order valence-corrected chi connectivity index (χ4v) is 3.45. The fourth-order valence-electron chi connectivity index (χ4n) is 3.45. The van der Waals surface area contributed by atoms with E-state index in [0.717, 1.165) is 5.56 Å². The number of hydrogen-bond donors (Lipinski definition) is 2. The van der Waals surface area contributed by atoms with Gasteiger partial charge < -0.3 is 29.4 Å². The normalized spacial score (nSPS) is 15.5. The molecule has 178 valence electrons. The first-order chi connectivity index (χ1) is 15.8. The highest BCUT2D eigenvalue weighted by Crippen LogP contribution is 2.41. The van der Waals surface area contributed by atoms with Crippen molar-refractivity contribution in [2.45, 2.75) is 45.1 Å². The first-order valence-corrected chi connectivity index (χ1v) is 10.8. The second kappa shape index (κ2) is 10.6. The number of hydrogen-bond acceptors (Lipinski definition) is 8. The molecule has 33 heavy (non-hydrogen) atoms. The SMILES string of the molecule is CCOC(=O)C1(C(=O)OCC)Oc2ccc(CC(C)NCC(O)c3cccc(F)c3)cc2O1. The molecular formula is C24H28FNO7. The summed E-state index contributed by atoms with van der Waals surface area (Å²) in [6, 6.07) is 10.9. The van der Waals surface area contributed by atoms with Crippen molar-refractivity contribution in [1.82, 2.24) is 5.32 Å². The molecule has 9 heteroatoms. The van der Waals surface area contributed by atoms with Gasteiger partial charge in [0.05, 0.1) is 19.3 Å². The average molecular weight is 461 g/mol. The van der Waals surface area contributed by atoms with Crippen molar-refractivity contribution in [3.05, 3.63) is 59.4 Å². The van der Waals surface area contributed by atoms with Crippen LogP contribution in [0.15, 0.2) is 42.5 Å². The van der Waals surface area contributed by atoms with Crippen molar-refractivity contribution in [3.8, 4) is 11.5 Å². The Morgan fingerprint density at radius 2 is 1.73 bits per heavy atom. The number of nitrogens with one attached hydrogen (secondary N) is 1. The predicted molar refractivity (Wildman–Crippen MR) is 116 cm³/mol. The third-order valence-corrected chi connectivity index (χ3v) is 5.04. The van der Waals surface area contributed by atoms with Gasteiger partial charge >= 0.3 is 17.7 Å². The molecule has 2 aromatic rings. The molecule has 0 aromatic heterocycles. The van der Waals surface area contributed by atoms with E-state index in [2.05, 4.69) is 5.32 Å². The molecule has 3 rings (SSSR count). The van der Waals surface area contributed by atoms with Gasteiger partial charge in [0.15, 0.2) is 11.5 Å². The molecular weight excluding hydrogens is 433 g/mol. The summed E-state index contributed by atoms with van der Waals surface area (Å²) >= 11 is 0. The maximum atomic E-state index is 13.4. The number of aliphatic hydroxyl groups is 1. The summed E-state index contributed by atoms with van der Waals surface area (Å²) in [6.45, 7) is 5.47. The number of carbonyl (C=O) groups excluding carboxylic acids is 2. The van der Waals surface area contributed by atoms with E-state index in [1.54, 1.807) is 44.2 Å². The van der Waals surface area contributed by atoms with Crippen LogP contribution < -0.4 is 14.8 Å². The molecule has 0 bridgehead atoms. The van der Waals surface area contributed by atoms with Crippen LogP contribution in [0, 0.1) is 5.82 Å². The summed E-state index contributed by atoms with van der Waals surface area (Å²) < 4.78 is 34.5. The zero-order valence-corrected chi connectivity index (χ0v) is 18.8. The molecule has 8 nitrogen and oxygen atoms in total. The van der Waals surface area contributed by atoms with E-state index in [4.69, 9.17) is 18.9 Å². The molecule has 0 aliphatic carbocycles. The molecule has 0 fully saturated rings. The van der Waals surface area contributed by atoms with Crippen LogP contribution in [0.25, 0.3) is 0 Å². The van der Waals surface area contributed by atoms with E-state index in [9.17, 15) is 19.1 Å². The maximum Gasteiger partial charge on any atom is 0.453 e. The third kappa shape index (κ3) is 5.61. The maximum absolute atomic E-state index is 13.4. The molecule has 2 N–H and O–H groups in total. The zero-order chi connectivity index (χ0) is 24.0. The molecule has 1 aliphatic rings. The lowest BCUT2D eigenvalue weighted by Crippen LogP contribution is -2.55.